The summed E-state index contributed by atoms with van der Waals surface area (Å²) >= 11 is 6.23. The molecule has 2 heterocycles. The molecule has 0 bridgehead atoms. The standard InChI is InChI=1S/C31H24ClFN2O4/c1-2-18-3-13-26-29(37)35(34-24-10-8-23(33)9-11-24)30(38)31(26,21-4-6-22(32)7-5-21)28(18)20-15-19-16-25(36)12-14-27(19)39-17-20/h2-12,14,16-17,26,28,34,36H,1,13,15H2/t26-,28+,31+/m0/s1. The molecule has 2 amide bonds. The van der Waals surface area contributed by atoms with Crippen LogP contribution in [0.25, 0.3) is 0 Å². The molecule has 6 nitrogen and oxygen atoms in total. The van der Waals surface area contributed by atoms with Crippen molar-refractivity contribution in [3.05, 3.63) is 125 Å². The molecular formula is C31H24ClFN2O4. The fourth-order valence-electron chi connectivity index (χ4n) is 6.10. The Morgan fingerprint density at radius 3 is 2.56 bits per heavy atom. The van der Waals surface area contributed by atoms with E-state index in [0.717, 1.165) is 21.7 Å². The SMILES string of the molecule is C=CC1=CC[C@H]2C(=O)N(Nc3ccc(F)cc3)C(=O)[C@@]2(c2ccc(Cl)cc2)[C@H]1C1=COc2ccc(O)cc2C1. The first kappa shape index (κ1) is 24.9. The summed E-state index contributed by atoms with van der Waals surface area (Å²) in [7, 11) is 0. The maximum absolute atomic E-state index is 14.6. The van der Waals surface area contributed by atoms with Crippen molar-refractivity contribution in [3.8, 4) is 11.5 Å². The number of hydrogen-bond donors (Lipinski definition) is 2. The molecule has 2 N–H and O–H groups in total. The lowest BCUT2D eigenvalue weighted by Crippen LogP contribution is -2.51. The van der Waals surface area contributed by atoms with Gasteiger partial charge in [0.1, 0.15) is 17.3 Å². The van der Waals surface area contributed by atoms with E-state index in [1.165, 1.54) is 24.3 Å². The first-order valence-electron chi connectivity index (χ1n) is 12.5. The number of hydrazine groups is 1. The number of benzene rings is 3. The number of anilines is 1. The number of phenolic OH excluding ortho intramolecular Hbond substituents is 1. The monoisotopic (exact) mass is 542 g/mol. The van der Waals surface area contributed by atoms with Crippen LogP contribution in [-0.4, -0.2) is 21.9 Å². The smallest absolute Gasteiger partial charge is 0.260 e. The molecule has 0 spiro atoms. The number of fused-ring (bicyclic) bond motifs is 2. The van der Waals surface area contributed by atoms with Gasteiger partial charge in [0.05, 0.1) is 23.3 Å². The van der Waals surface area contributed by atoms with Gasteiger partial charge < -0.3 is 9.84 Å². The first-order valence-corrected chi connectivity index (χ1v) is 12.9. The molecule has 196 valence electrons. The number of amides is 2. The van der Waals surface area contributed by atoms with Crippen LogP contribution < -0.4 is 10.2 Å². The number of carbonyl (C=O) groups excluding carboxylic acids is 2. The van der Waals surface area contributed by atoms with E-state index in [4.69, 9.17) is 16.3 Å². The summed E-state index contributed by atoms with van der Waals surface area (Å²) in [4.78, 5) is 28.5. The average molecular weight is 543 g/mol. The van der Waals surface area contributed by atoms with E-state index < -0.39 is 29.0 Å². The van der Waals surface area contributed by atoms with Gasteiger partial charge in [-0.05, 0) is 77.7 Å². The molecular weight excluding hydrogens is 519 g/mol. The molecule has 3 aromatic carbocycles. The molecule has 0 unspecified atom stereocenters. The minimum atomic E-state index is -1.34. The molecule has 3 aliphatic rings. The third-order valence-electron chi connectivity index (χ3n) is 7.79. The summed E-state index contributed by atoms with van der Waals surface area (Å²) in [5, 5.41) is 11.7. The number of halogens is 2. The molecule has 39 heavy (non-hydrogen) atoms. The normalized spacial score (nSPS) is 23.8. The number of aromatic hydroxyl groups is 1. The largest absolute Gasteiger partial charge is 0.508 e. The van der Waals surface area contributed by atoms with Crippen molar-refractivity contribution in [1.82, 2.24) is 5.01 Å². The fourth-order valence-corrected chi connectivity index (χ4v) is 6.23. The number of phenols is 1. The van der Waals surface area contributed by atoms with Crippen LogP contribution in [0.1, 0.15) is 17.5 Å². The third kappa shape index (κ3) is 3.92. The Morgan fingerprint density at radius 1 is 1.10 bits per heavy atom. The van der Waals surface area contributed by atoms with E-state index in [9.17, 15) is 19.1 Å². The Labute approximate surface area is 229 Å². The van der Waals surface area contributed by atoms with E-state index in [0.29, 0.717) is 34.9 Å². The predicted octanol–water partition coefficient (Wildman–Crippen LogP) is 6.09. The molecule has 8 heteroatoms. The van der Waals surface area contributed by atoms with E-state index in [1.54, 1.807) is 54.8 Å². The van der Waals surface area contributed by atoms with Gasteiger partial charge in [-0.25, -0.2) is 4.39 Å². The van der Waals surface area contributed by atoms with Gasteiger partial charge in [0.15, 0.2) is 0 Å². The van der Waals surface area contributed by atoms with E-state index >= 15 is 0 Å². The number of nitrogens with one attached hydrogen (secondary N) is 1. The summed E-state index contributed by atoms with van der Waals surface area (Å²) in [6, 6.07) is 17.3. The molecule has 0 radical (unpaired) electrons. The van der Waals surface area contributed by atoms with Crippen LogP contribution in [0.4, 0.5) is 10.1 Å². The molecule has 3 aromatic rings. The third-order valence-corrected chi connectivity index (χ3v) is 8.04. The average Bonchev–Trinajstić information content (AvgIpc) is 3.15. The highest BCUT2D eigenvalue weighted by atomic mass is 35.5. The number of allylic oxidation sites excluding steroid dienone is 4. The van der Waals surface area contributed by atoms with Crippen molar-refractivity contribution < 1.29 is 23.8 Å². The van der Waals surface area contributed by atoms with Gasteiger partial charge in [-0.3, -0.25) is 15.0 Å². The number of imide groups is 1. The Kier molecular flexibility index (Phi) is 6.03. The summed E-state index contributed by atoms with van der Waals surface area (Å²) in [5.41, 5.74) is 4.95. The van der Waals surface area contributed by atoms with Crippen LogP contribution in [-0.2, 0) is 21.4 Å². The summed E-state index contributed by atoms with van der Waals surface area (Å²) in [6.45, 7) is 4.02. The quantitative estimate of drug-likeness (QED) is 0.382. The van der Waals surface area contributed by atoms with Crippen LogP contribution in [0.3, 0.4) is 0 Å². The second-order valence-corrected chi connectivity index (χ2v) is 10.3. The lowest BCUT2D eigenvalue weighted by Gasteiger charge is -2.44. The predicted molar refractivity (Wildman–Crippen MR) is 145 cm³/mol. The van der Waals surface area contributed by atoms with Crippen molar-refractivity contribution in [2.24, 2.45) is 11.8 Å². The maximum atomic E-state index is 14.6. The summed E-state index contributed by atoms with van der Waals surface area (Å²) < 4.78 is 19.5. The second kappa shape index (κ2) is 9.43. The van der Waals surface area contributed by atoms with Gasteiger partial charge in [0.25, 0.3) is 11.8 Å². The molecule has 1 aliphatic carbocycles. The minimum Gasteiger partial charge on any atom is -0.508 e. The van der Waals surface area contributed by atoms with E-state index in [2.05, 4.69) is 12.0 Å². The zero-order chi connectivity index (χ0) is 27.3. The maximum Gasteiger partial charge on any atom is 0.260 e. The lowest BCUT2D eigenvalue weighted by atomic mass is 9.55. The topological polar surface area (TPSA) is 78.9 Å². The second-order valence-electron chi connectivity index (χ2n) is 9.88. The van der Waals surface area contributed by atoms with Crippen molar-refractivity contribution in [2.75, 3.05) is 5.43 Å². The van der Waals surface area contributed by atoms with Gasteiger partial charge in [0.2, 0.25) is 0 Å². The summed E-state index contributed by atoms with van der Waals surface area (Å²) in [6.07, 6.45) is 6.01. The van der Waals surface area contributed by atoms with E-state index in [-0.39, 0.29) is 11.7 Å². The number of rotatable bonds is 5. The Morgan fingerprint density at radius 2 is 1.85 bits per heavy atom. The number of carbonyl (C=O) groups is 2. The Bertz CT molecular complexity index is 1560. The number of nitrogens with zero attached hydrogens (tertiary/aromatic N) is 1. The minimum absolute atomic E-state index is 0.105. The summed E-state index contributed by atoms with van der Waals surface area (Å²) in [5.74, 6) is -1.87. The molecule has 0 aromatic heterocycles. The molecule has 3 atom stereocenters. The van der Waals surface area contributed by atoms with E-state index in [1.807, 2.05) is 6.08 Å². The molecule has 6 rings (SSSR count). The van der Waals surface area contributed by atoms with Gasteiger partial charge in [-0.2, -0.15) is 5.01 Å². The molecule has 0 saturated carbocycles. The highest BCUT2D eigenvalue weighted by molar-refractivity contribution is 6.30. The lowest BCUT2D eigenvalue weighted by molar-refractivity contribution is -0.138. The van der Waals surface area contributed by atoms with Crippen LogP contribution in [0, 0.1) is 17.7 Å². The van der Waals surface area contributed by atoms with Crippen LogP contribution in [0.2, 0.25) is 5.02 Å². The van der Waals surface area contributed by atoms with Crippen LogP contribution in [0.5, 0.6) is 11.5 Å². The number of hydrogen-bond acceptors (Lipinski definition) is 5. The molecule has 1 saturated heterocycles. The van der Waals surface area contributed by atoms with Crippen molar-refractivity contribution in [1.29, 1.82) is 0 Å². The van der Waals surface area contributed by atoms with Gasteiger partial charge >= 0.3 is 0 Å². The fraction of sp³-hybridized carbons (Fsp3) is 0.161. The van der Waals surface area contributed by atoms with Crippen molar-refractivity contribution >= 4 is 29.1 Å². The highest BCUT2D eigenvalue weighted by Crippen LogP contribution is 2.57. The zero-order valence-corrected chi connectivity index (χ0v) is 21.5. The number of ether oxygens (including phenoxy) is 1. The zero-order valence-electron chi connectivity index (χ0n) is 20.7. The van der Waals surface area contributed by atoms with Crippen LogP contribution >= 0.6 is 11.6 Å². The molecule has 1 fully saturated rings. The van der Waals surface area contributed by atoms with Crippen molar-refractivity contribution in [2.45, 2.75) is 18.3 Å². The Balaban J connectivity index is 1.52. The van der Waals surface area contributed by atoms with Gasteiger partial charge in [-0.15, -0.1) is 0 Å². The van der Waals surface area contributed by atoms with Gasteiger partial charge in [0, 0.05) is 22.9 Å². The van der Waals surface area contributed by atoms with Gasteiger partial charge in [-0.1, -0.05) is 42.5 Å². The Hall–Kier alpha value is -4.36. The first-order chi connectivity index (χ1) is 18.8. The molecule has 2 aliphatic heterocycles. The van der Waals surface area contributed by atoms with Crippen LogP contribution in [0.15, 0.2) is 103 Å². The highest BCUT2D eigenvalue weighted by Gasteiger charge is 2.66. The van der Waals surface area contributed by atoms with Crippen molar-refractivity contribution in [3.63, 3.8) is 0 Å².